The van der Waals surface area contributed by atoms with E-state index in [-0.39, 0.29) is 17.8 Å². The van der Waals surface area contributed by atoms with E-state index in [1.165, 1.54) is 16.5 Å². The molecule has 0 saturated carbocycles. The summed E-state index contributed by atoms with van der Waals surface area (Å²) in [6.45, 7) is 6.90. The number of hydrogen-bond donors (Lipinski definition) is 0. The van der Waals surface area contributed by atoms with Gasteiger partial charge in [-0.15, -0.1) is 11.3 Å². The van der Waals surface area contributed by atoms with Gasteiger partial charge in [-0.3, -0.25) is 0 Å². The maximum atomic E-state index is 14.0. The van der Waals surface area contributed by atoms with Crippen LogP contribution in [0.25, 0.3) is 0 Å². The van der Waals surface area contributed by atoms with Crippen molar-refractivity contribution in [1.82, 2.24) is 0 Å². The molecule has 0 aliphatic heterocycles. The maximum Gasteiger partial charge on any atom is 0.134 e. The van der Waals surface area contributed by atoms with Gasteiger partial charge in [0.25, 0.3) is 0 Å². The van der Waals surface area contributed by atoms with Gasteiger partial charge in [-0.05, 0) is 66.0 Å². The fraction of sp³-hybridized carbons (Fsp3) is 0.333. The second kappa shape index (κ2) is 9.67. The van der Waals surface area contributed by atoms with Crippen molar-refractivity contribution >= 4 is 34.2 Å². The first-order valence-corrected chi connectivity index (χ1v) is 12.2. The lowest BCUT2D eigenvalue weighted by Crippen LogP contribution is -2.26. The molecule has 3 aromatic rings. The fourth-order valence-electron chi connectivity index (χ4n) is 4.16. The van der Waals surface area contributed by atoms with Gasteiger partial charge in [0.15, 0.2) is 0 Å². The third-order valence-electron chi connectivity index (χ3n) is 6.22. The molecule has 6 heteroatoms. The Morgan fingerprint density at radius 2 is 2.06 bits per heavy atom. The van der Waals surface area contributed by atoms with Crippen molar-refractivity contribution in [2.75, 3.05) is 0 Å². The largest absolute Gasteiger partial charge is 0.489 e. The van der Waals surface area contributed by atoms with Crippen LogP contribution in [0.15, 0.2) is 47.5 Å². The van der Waals surface area contributed by atoms with Crippen LogP contribution in [-0.4, -0.2) is 6.21 Å². The van der Waals surface area contributed by atoms with Gasteiger partial charge in [0.05, 0.1) is 10.6 Å². The zero-order chi connectivity index (χ0) is 23.6. The van der Waals surface area contributed by atoms with E-state index in [0.29, 0.717) is 27.8 Å². The van der Waals surface area contributed by atoms with Crippen LogP contribution in [0.3, 0.4) is 0 Å². The summed E-state index contributed by atoms with van der Waals surface area (Å²) in [5.41, 5.74) is 3.31. The number of benzene rings is 2. The smallest absolute Gasteiger partial charge is 0.134 e. The van der Waals surface area contributed by atoms with Gasteiger partial charge < -0.3 is 4.74 Å². The van der Waals surface area contributed by atoms with E-state index in [1.54, 1.807) is 29.7 Å². The van der Waals surface area contributed by atoms with Gasteiger partial charge in [-0.1, -0.05) is 50.6 Å². The minimum atomic E-state index is -0.389. The van der Waals surface area contributed by atoms with Crippen LogP contribution in [0, 0.1) is 28.5 Å². The number of hydrogen-bond acceptors (Lipinski definition) is 4. The summed E-state index contributed by atoms with van der Waals surface area (Å²) < 4.78 is 19.8. The Labute approximate surface area is 203 Å². The summed E-state index contributed by atoms with van der Waals surface area (Å²) in [4.78, 5) is 5.96. The molecule has 0 unspecified atom stereocenters. The van der Waals surface area contributed by atoms with Crippen molar-refractivity contribution in [2.24, 2.45) is 16.3 Å². The molecular formula is C27H26ClFN2OS. The molecule has 4 rings (SSSR count). The molecule has 0 amide bonds. The van der Waals surface area contributed by atoms with Gasteiger partial charge in [-0.2, -0.15) is 5.26 Å². The van der Waals surface area contributed by atoms with E-state index in [0.717, 1.165) is 29.8 Å². The summed E-state index contributed by atoms with van der Waals surface area (Å²) in [6.07, 6.45) is 4.81. The van der Waals surface area contributed by atoms with Gasteiger partial charge >= 0.3 is 0 Å². The van der Waals surface area contributed by atoms with E-state index in [4.69, 9.17) is 16.3 Å². The molecular weight excluding hydrogens is 455 g/mol. The average molecular weight is 481 g/mol. The molecule has 1 aliphatic rings. The number of nitriles is 1. The van der Waals surface area contributed by atoms with Gasteiger partial charge in [0, 0.05) is 16.7 Å². The molecule has 0 radical (unpaired) electrons. The molecule has 3 nitrogen and oxygen atoms in total. The molecule has 1 aliphatic carbocycles. The highest BCUT2D eigenvalue weighted by Crippen LogP contribution is 2.44. The Balaban J connectivity index is 1.51. The molecule has 0 fully saturated rings. The zero-order valence-electron chi connectivity index (χ0n) is 19.0. The van der Waals surface area contributed by atoms with Crippen LogP contribution in [0.5, 0.6) is 5.75 Å². The number of aliphatic imine (C=N–C) groups is 1. The Morgan fingerprint density at radius 1 is 1.27 bits per heavy atom. The van der Waals surface area contributed by atoms with Crippen LogP contribution in [0.4, 0.5) is 9.39 Å². The fourth-order valence-corrected chi connectivity index (χ4v) is 5.60. The Morgan fingerprint density at radius 3 is 2.79 bits per heavy atom. The quantitative estimate of drug-likeness (QED) is 0.348. The number of rotatable bonds is 5. The second-order valence-electron chi connectivity index (χ2n) is 9.42. The predicted molar refractivity (Wildman–Crippen MR) is 133 cm³/mol. The third-order valence-corrected chi connectivity index (χ3v) is 7.73. The highest BCUT2D eigenvalue weighted by molar-refractivity contribution is 7.16. The Kier molecular flexibility index (Phi) is 6.88. The molecule has 0 saturated heterocycles. The van der Waals surface area contributed by atoms with E-state index >= 15 is 0 Å². The van der Waals surface area contributed by atoms with Crippen molar-refractivity contribution in [2.45, 2.75) is 46.6 Å². The molecule has 1 heterocycles. The van der Waals surface area contributed by atoms with Gasteiger partial charge in [0.2, 0.25) is 0 Å². The molecule has 1 atom stereocenters. The first-order chi connectivity index (χ1) is 15.8. The van der Waals surface area contributed by atoms with Crippen LogP contribution >= 0.6 is 22.9 Å². The second-order valence-corrected chi connectivity index (χ2v) is 10.9. The minimum Gasteiger partial charge on any atom is -0.489 e. The van der Waals surface area contributed by atoms with Crippen molar-refractivity contribution in [1.29, 1.82) is 5.26 Å². The van der Waals surface area contributed by atoms with E-state index in [2.05, 4.69) is 31.8 Å². The number of fused-ring (bicyclic) bond motifs is 1. The molecule has 2 aromatic carbocycles. The Hall–Kier alpha value is -2.68. The molecule has 0 N–H and O–H groups in total. The molecule has 33 heavy (non-hydrogen) atoms. The predicted octanol–water partition coefficient (Wildman–Crippen LogP) is 7.89. The standard InChI is InChI=1S/C27H26ClFN2OS/c1-27(2,3)18-10-11-20-21(14-30)26(33-25(20)13-18)31-15-17-6-4-7-19(12-17)32-16-22-23(28)8-5-9-24(22)29/h4-9,12,15,18H,10-11,13,16H2,1-3H3/t18-/m0/s1. The lowest BCUT2D eigenvalue weighted by atomic mass is 9.72. The highest BCUT2D eigenvalue weighted by Gasteiger charge is 2.32. The monoisotopic (exact) mass is 480 g/mol. The Bertz CT molecular complexity index is 1220. The summed E-state index contributed by atoms with van der Waals surface area (Å²) >= 11 is 7.72. The zero-order valence-corrected chi connectivity index (χ0v) is 20.6. The first-order valence-electron chi connectivity index (χ1n) is 11.0. The van der Waals surface area contributed by atoms with Crippen molar-refractivity contribution < 1.29 is 9.13 Å². The SMILES string of the molecule is CC(C)(C)[C@H]1CCc2c(sc(N=Cc3cccc(OCc4c(F)cccc4Cl)c3)c2C#N)C1. The highest BCUT2D eigenvalue weighted by atomic mass is 35.5. The molecule has 0 spiro atoms. The number of halogens is 2. The molecule has 170 valence electrons. The van der Waals surface area contributed by atoms with Crippen LogP contribution in [0.1, 0.15) is 54.3 Å². The lowest BCUT2D eigenvalue weighted by Gasteiger charge is -2.33. The third kappa shape index (κ3) is 5.29. The number of thiophene rings is 1. The summed E-state index contributed by atoms with van der Waals surface area (Å²) in [7, 11) is 0. The molecule has 1 aromatic heterocycles. The van der Waals surface area contributed by atoms with E-state index in [9.17, 15) is 9.65 Å². The van der Waals surface area contributed by atoms with Crippen molar-refractivity contribution in [3.63, 3.8) is 0 Å². The average Bonchev–Trinajstić information content (AvgIpc) is 3.14. The lowest BCUT2D eigenvalue weighted by molar-refractivity contribution is 0.218. The van der Waals surface area contributed by atoms with E-state index in [1.807, 2.05) is 24.3 Å². The van der Waals surface area contributed by atoms with Gasteiger partial charge in [0.1, 0.15) is 29.2 Å². The maximum absolute atomic E-state index is 14.0. The van der Waals surface area contributed by atoms with Crippen molar-refractivity contribution in [3.05, 3.63) is 80.4 Å². The summed E-state index contributed by atoms with van der Waals surface area (Å²) in [5, 5.41) is 10.9. The topological polar surface area (TPSA) is 45.4 Å². The van der Waals surface area contributed by atoms with E-state index < -0.39 is 0 Å². The van der Waals surface area contributed by atoms with Crippen LogP contribution in [-0.2, 0) is 19.4 Å². The first kappa shape index (κ1) is 23.5. The van der Waals surface area contributed by atoms with Gasteiger partial charge in [-0.25, -0.2) is 9.38 Å². The normalized spacial score (nSPS) is 15.9. The van der Waals surface area contributed by atoms with Crippen LogP contribution in [0.2, 0.25) is 5.02 Å². The number of nitrogens with zero attached hydrogens (tertiary/aromatic N) is 2. The summed E-state index contributed by atoms with van der Waals surface area (Å²) in [5.74, 6) is 0.820. The minimum absolute atomic E-state index is 0.0390. The van der Waals surface area contributed by atoms with Crippen molar-refractivity contribution in [3.8, 4) is 11.8 Å². The number of ether oxygens (including phenoxy) is 1. The molecule has 0 bridgehead atoms. The summed E-state index contributed by atoms with van der Waals surface area (Å²) in [6, 6.07) is 14.4. The van der Waals surface area contributed by atoms with Crippen LogP contribution < -0.4 is 4.74 Å².